The fourth-order valence-corrected chi connectivity index (χ4v) is 6.97. The van der Waals surface area contributed by atoms with Crippen molar-refractivity contribution in [2.24, 2.45) is 34.5 Å². The molecule has 1 unspecified atom stereocenters. The van der Waals surface area contributed by atoms with E-state index >= 15 is 0 Å². The molecule has 4 aliphatic rings. The molecule has 0 aliphatic heterocycles. The zero-order valence-corrected chi connectivity index (χ0v) is 15.0. The summed E-state index contributed by atoms with van der Waals surface area (Å²) < 4.78 is 0. The maximum Gasteiger partial charge on any atom is 0.162 e. The number of allylic oxidation sites excluding steroid dienone is 2. The average molecular weight is 330 g/mol. The van der Waals surface area contributed by atoms with Crippen molar-refractivity contribution in [2.75, 3.05) is 6.61 Å². The van der Waals surface area contributed by atoms with Gasteiger partial charge in [-0.25, -0.2) is 0 Å². The number of fused-ring (bicyclic) bond motifs is 5. The molecule has 0 spiro atoms. The third-order valence-electron chi connectivity index (χ3n) is 8.43. The Morgan fingerprint density at radius 1 is 1.25 bits per heavy atom. The summed E-state index contributed by atoms with van der Waals surface area (Å²) in [6.07, 6.45) is 10.3. The van der Waals surface area contributed by atoms with E-state index < -0.39 is 0 Å². The summed E-state index contributed by atoms with van der Waals surface area (Å²) in [7, 11) is 0. The van der Waals surface area contributed by atoms with Crippen molar-refractivity contribution in [3.63, 3.8) is 0 Å². The highest BCUT2D eigenvalue weighted by molar-refractivity contribution is 5.84. The van der Waals surface area contributed by atoms with Gasteiger partial charge in [-0.05, 0) is 67.1 Å². The molecule has 3 fully saturated rings. The van der Waals surface area contributed by atoms with Crippen molar-refractivity contribution in [3.8, 4) is 0 Å². The molecule has 132 valence electrons. The Balaban J connectivity index is 1.63. The summed E-state index contributed by atoms with van der Waals surface area (Å²) >= 11 is 0. The van der Waals surface area contributed by atoms with Crippen LogP contribution in [0.15, 0.2) is 11.6 Å². The summed E-state index contributed by atoms with van der Waals surface area (Å²) in [5, 5.41) is 9.35. The van der Waals surface area contributed by atoms with Gasteiger partial charge in [-0.15, -0.1) is 0 Å². The lowest BCUT2D eigenvalue weighted by Gasteiger charge is -2.58. The van der Waals surface area contributed by atoms with E-state index in [0.29, 0.717) is 29.0 Å². The molecule has 0 aromatic carbocycles. The zero-order valence-electron chi connectivity index (χ0n) is 15.0. The van der Waals surface area contributed by atoms with Gasteiger partial charge in [0.1, 0.15) is 12.4 Å². The number of carbonyl (C=O) groups excluding carboxylic acids is 2. The van der Waals surface area contributed by atoms with Crippen LogP contribution < -0.4 is 0 Å². The van der Waals surface area contributed by atoms with Gasteiger partial charge in [0.25, 0.3) is 0 Å². The van der Waals surface area contributed by atoms with Crippen LogP contribution in [0.25, 0.3) is 0 Å². The van der Waals surface area contributed by atoms with E-state index in [4.69, 9.17) is 0 Å². The molecular weight excluding hydrogens is 300 g/mol. The standard InChI is InChI=1S/C21H30O3/c1-20-9-7-14(23)11-13(20)3-4-15-16-5-6-18(19(24)12-22)21(16,2)10-8-17(15)20/h5,13,15,17-18,22H,3-4,6-12H2,1-2H3/t13?,15-,17-,18+,20-,21-/m0/s1. The third kappa shape index (κ3) is 2.13. The van der Waals surface area contributed by atoms with Gasteiger partial charge >= 0.3 is 0 Å². The highest BCUT2D eigenvalue weighted by Gasteiger charge is 2.58. The highest BCUT2D eigenvalue weighted by Crippen LogP contribution is 2.65. The van der Waals surface area contributed by atoms with Crippen molar-refractivity contribution in [3.05, 3.63) is 11.6 Å². The molecular formula is C21H30O3. The first-order chi connectivity index (χ1) is 11.4. The summed E-state index contributed by atoms with van der Waals surface area (Å²) in [6, 6.07) is 0. The van der Waals surface area contributed by atoms with Crippen LogP contribution >= 0.6 is 0 Å². The number of ketones is 2. The molecule has 3 nitrogen and oxygen atoms in total. The molecule has 0 bridgehead atoms. The molecule has 3 saturated carbocycles. The van der Waals surface area contributed by atoms with Crippen LogP contribution in [0.3, 0.4) is 0 Å². The molecule has 0 heterocycles. The van der Waals surface area contributed by atoms with Crippen LogP contribution in [0, 0.1) is 34.5 Å². The van der Waals surface area contributed by atoms with Crippen molar-refractivity contribution in [2.45, 2.75) is 65.2 Å². The van der Waals surface area contributed by atoms with Crippen molar-refractivity contribution < 1.29 is 14.7 Å². The van der Waals surface area contributed by atoms with Crippen LogP contribution in [0.5, 0.6) is 0 Å². The lowest BCUT2D eigenvalue weighted by molar-refractivity contribution is -0.134. The largest absolute Gasteiger partial charge is 0.389 e. The van der Waals surface area contributed by atoms with E-state index in [0.717, 1.165) is 38.5 Å². The van der Waals surface area contributed by atoms with E-state index in [1.54, 1.807) is 0 Å². The number of hydrogen-bond acceptors (Lipinski definition) is 3. The fraction of sp³-hybridized carbons (Fsp3) is 0.810. The Morgan fingerprint density at radius 2 is 2.04 bits per heavy atom. The normalized spacial score (nSPS) is 47.5. The molecule has 0 radical (unpaired) electrons. The first-order valence-corrected chi connectivity index (χ1v) is 9.76. The lowest BCUT2D eigenvalue weighted by Crippen LogP contribution is -2.52. The van der Waals surface area contributed by atoms with Gasteiger partial charge in [0.15, 0.2) is 5.78 Å². The van der Waals surface area contributed by atoms with Crippen LogP contribution in [0.1, 0.15) is 65.2 Å². The second kappa shape index (κ2) is 5.52. The molecule has 0 aromatic heterocycles. The molecule has 4 rings (SSSR count). The zero-order chi connectivity index (χ0) is 17.1. The molecule has 6 atom stereocenters. The van der Waals surface area contributed by atoms with Crippen LogP contribution in [0.2, 0.25) is 0 Å². The first-order valence-electron chi connectivity index (χ1n) is 9.76. The van der Waals surface area contributed by atoms with Crippen LogP contribution in [-0.2, 0) is 9.59 Å². The van der Waals surface area contributed by atoms with Gasteiger partial charge in [-0.1, -0.05) is 25.5 Å². The lowest BCUT2D eigenvalue weighted by atomic mass is 9.46. The fourth-order valence-electron chi connectivity index (χ4n) is 6.97. The summed E-state index contributed by atoms with van der Waals surface area (Å²) in [6.45, 7) is 4.38. The Bertz CT molecular complexity index is 606. The quantitative estimate of drug-likeness (QED) is 0.786. The number of aliphatic hydroxyl groups excluding tert-OH is 1. The third-order valence-corrected chi connectivity index (χ3v) is 8.43. The number of Topliss-reactive ketones (excluding diaryl/α,β-unsaturated/α-hetero) is 2. The number of aliphatic hydroxyl groups is 1. The molecule has 0 amide bonds. The van der Waals surface area contributed by atoms with Gasteiger partial charge in [-0.2, -0.15) is 0 Å². The summed E-state index contributed by atoms with van der Waals surface area (Å²) in [5.41, 5.74) is 1.79. The Kier molecular flexibility index (Phi) is 3.80. The van der Waals surface area contributed by atoms with E-state index in [9.17, 15) is 14.7 Å². The van der Waals surface area contributed by atoms with Crippen LogP contribution in [-0.4, -0.2) is 23.3 Å². The van der Waals surface area contributed by atoms with Crippen LogP contribution in [0.4, 0.5) is 0 Å². The highest BCUT2D eigenvalue weighted by atomic mass is 16.3. The van der Waals surface area contributed by atoms with Gasteiger partial charge in [0, 0.05) is 18.8 Å². The minimum Gasteiger partial charge on any atom is -0.389 e. The molecule has 1 N–H and O–H groups in total. The molecule has 0 aromatic rings. The second-order valence-electron chi connectivity index (χ2n) is 9.26. The topological polar surface area (TPSA) is 54.4 Å². The second-order valence-corrected chi connectivity index (χ2v) is 9.26. The summed E-state index contributed by atoms with van der Waals surface area (Å²) in [4.78, 5) is 24.2. The monoisotopic (exact) mass is 330 g/mol. The minimum atomic E-state index is -0.322. The number of carbonyl (C=O) groups is 2. The average Bonchev–Trinajstić information content (AvgIpc) is 2.92. The Labute approximate surface area is 144 Å². The van der Waals surface area contributed by atoms with Gasteiger partial charge in [0.2, 0.25) is 0 Å². The molecule has 3 heteroatoms. The Hall–Kier alpha value is -0.960. The smallest absolute Gasteiger partial charge is 0.162 e. The van der Waals surface area contributed by atoms with Crippen molar-refractivity contribution in [1.29, 1.82) is 0 Å². The first kappa shape index (κ1) is 16.5. The molecule has 24 heavy (non-hydrogen) atoms. The van der Waals surface area contributed by atoms with Crippen molar-refractivity contribution >= 4 is 11.6 Å². The van der Waals surface area contributed by atoms with Crippen molar-refractivity contribution in [1.82, 2.24) is 0 Å². The minimum absolute atomic E-state index is 0.0167. The number of rotatable bonds is 2. The van der Waals surface area contributed by atoms with E-state index in [1.165, 1.54) is 18.4 Å². The Morgan fingerprint density at radius 3 is 2.79 bits per heavy atom. The van der Waals surface area contributed by atoms with E-state index in [2.05, 4.69) is 19.9 Å². The van der Waals surface area contributed by atoms with E-state index in [1.807, 2.05) is 0 Å². The van der Waals surface area contributed by atoms with E-state index in [-0.39, 0.29) is 23.7 Å². The predicted octanol–water partition coefficient (Wildman–Crippen LogP) is 3.70. The number of hydrogen-bond donors (Lipinski definition) is 1. The maximum absolute atomic E-state index is 12.2. The van der Waals surface area contributed by atoms with Gasteiger partial charge in [-0.3, -0.25) is 9.59 Å². The molecule has 4 aliphatic carbocycles. The van der Waals surface area contributed by atoms with Gasteiger partial charge < -0.3 is 5.11 Å². The SMILES string of the molecule is C[C@]12CC[C@H]3[C@@H](CCC4CC(=O)CC[C@@]43C)C1=CC[C@@H]2C(=O)CO. The predicted molar refractivity (Wildman–Crippen MR) is 92.3 cm³/mol. The summed E-state index contributed by atoms with van der Waals surface area (Å²) in [5.74, 6) is 2.30. The maximum atomic E-state index is 12.2. The van der Waals surface area contributed by atoms with Gasteiger partial charge in [0.05, 0.1) is 0 Å². The molecule has 0 saturated heterocycles.